The predicted molar refractivity (Wildman–Crippen MR) is 132 cm³/mol. The first kappa shape index (κ1) is 27.9. The van der Waals surface area contributed by atoms with Crippen molar-refractivity contribution >= 4 is 32.8 Å². The molecule has 2 aromatic carbocycles. The molecule has 0 aromatic heterocycles. The molecule has 8 heteroatoms. The molecular weight excluding hydrogens is 446 g/mol. The van der Waals surface area contributed by atoms with Crippen molar-refractivity contribution in [2.75, 3.05) is 11.5 Å². The van der Waals surface area contributed by atoms with Crippen molar-refractivity contribution in [3.05, 3.63) is 71.8 Å². The van der Waals surface area contributed by atoms with E-state index in [4.69, 9.17) is 0 Å². The fraction of sp³-hybridized carbons (Fsp3) is 0.417. The Hall–Kier alpha value is -2.16. The first-order valence-corrected chi connectivity index (χ1v) is 13.8. The third-order valence-electron chi connectivity index (χ3n) is 4.42. The van der Waals surface area contributed by atoms with Crippen LogP contribution in [0.25, 0.3) is 0 Å². The van der Waals surface area contributed by atoms with E-state index in [1.165, 1.54) is 67.6 Å². The van der Waals surface area contributed by atoms with Gasteiger partial charge >= 0.3 is 0 Å². The van der Waals surface area contributed by atoms with E-state index in [0.29, 0.717) is 16.5 Å². The molecule has 6 nitrogen and oxygen atoms in total. The second-order valence-electron chi connectivity index (χ2n) is 7.21. The second-order valence-corrected chi connectivity index (χ2v) is 10.5. The van der Waals surface area contributed by atoms with Crippen LogP contribution in [0.15, 0.2) is 65.8 Å². The average Bonchev–Trinajstić information content (AvgIpc) is 2.80. The van der Waals surface area contributed by atoms with Crippen LogP contribution in [-0.4, -0.2) is 36.0 Å². The summed E-state index contributed by atoms with van der Waals surface area (Å²) in [5.74, 6) is 3.67. The highest BCUT2D eigenvalue weighted by Gasteiger charge is 2.17. The number of rotatable bonds is 12. The summed E-state index contributed by atoms with van der Waals surface area (Å²) in [5, 5.41) is 2.94. The number of hydrogen-bond acceptors (Lipinski definition) is 6. The third-order valence-corrected chi connectivity index (χ3v) is 7.15. The molecule has 0 aliphatic heterocycles. The fourth-order valence-electron chi connectivity index (χ4n) is 2.69. The van der Waals surface area contributed by atoms with Crippen molar-refractivity contribution in [1.29, 1.82) is 0 Å². The van der Waals surface area contributed by atoms with Crippen LogP contribution >= 0.6 is 0 Å². The van der Waals surface area contributed by atoms with E-state index in [-0.39, 0.29) is 5.71 Å². The molecule has 0 aliphatic carbocycles. The SMILES string of the molecule is C/C(=N/OS(=O)(=O)[O-])C(=O)c1ccccc1.CCCC[S+](CCCC)Cc1ccccc1. The van der Waals surface area contributed by atoms with Crippen LogP contribution in [-0.2, 0) is 31.3 Å². The minimum atomic E-state index is -4.92. The summed E-state index contributed by atoms with van der Waals surface area (Å²) in [7, 11) is -4.30. The highest BCUT2D eigenvalue weighted by molar-refractivity contribution is 7.96. The summed E-state index contributed by atoms with van der Waals surface area (Å²) < 4.78 is 33.9. The molecule has 0 spiro atoms. The number of ketones is 1. The molecule has 32 heavy (non-hydrogen) atoms. The number of hydrogen-bond donors (Lipinski definition) is 0. The van der Waals surface area contributed by atoms with Crippen LogP contribution in [0.3, 0.4) is 0 Å². The molecule has 2 rings (SSSR count). The number of Topliss-reactive ketones (excluding diaryl/α,β-unsaturated/α-hetero) is 1. The molecule has 2 aromatic rings. The number of oxime groups is 1. The Balaban J connectivity index is 0.000000320. The van der Waals surface area contributed by atoms with Crippen molar-refractivity contribution in [3.8, 4) is 0 Å². The van der Waals surface area contributed by atoms with Gasteiger partial charge in [-0.05, 0) is 30.7 Å². The highest BCUT2D eigenvalue weighted by atomic mass is 32.3. The van der Waals surface area contributed by atoms with Gasteiger partial charge in [0.15, 0.2) is 0 Å². The molecule has 0 N–H and O–H groups in total. The van der Waals surface area contributed by atoms with Gasteiger partial charge in [0.1, 0.15) is 23.0 Å². The molecule has 176 valence electrons. The van der Waals surface area contributed by atoms with E-state index in [0.717, 1.165) is 0 Å². The van der Waals surface area contributed by atoms with Crippen LogP contribution in [0.2, 0.25) is 0 Å². The van der Waals surface area contributed by atoms with Crippen molar-refractivity contribution in [2.45, 2.75) is 52.2 Å². The van der Waals surface area contributed by atoms with Crippen LogP contribution < -0.4 is 0 Å². The minimum Gasteiger partial charge on any atom is -0.714 e. The molecular formula is C24H33NO5S2. The zero-order chi connectivity index (χ0) is 23.8. The van der Waals surface area contributed by atoms with Gasteiger partial charge in [-0.1, -0.05) is 92.5 Å². The van der Waals surface area contributed by atoms with E-state index in [9.17, 15) is 17.8 Å². The van der Waals surface area contributed by atoms with Crippen LogP contribution in [0, 0.1) is 0 Å². The van der Waals surface area contributed by atoms with E-state index in [2.05, 4.69) is 53.6 Å². The molecule has 0 fully saturated rings. The molecule has 0 radical (unpaired) electrons. The van der Waals surface area contributed by atoms with Crippen LogP contribution in [0.4, 0.5) is 0 Å². The fourth-order valence-corrected chi connectivity index (χ4v) is 5.45. The van der Waals surface area contributed by atoms with Gasteiger partial charge in [0, 0.05) is 11.1 Å². The molecule has 0 unspecified atom stereocenters. The molecule has 0 amide bonds. The lowest BCUT2D eigenvalue weighted by Gasteiger charge is -2.08. The van der Waals surface area contributed by atoms with Crippen molar-refractivity contribution in [2.24, 2.45) is 5.16 Å². The average molecular weight is 480 g/mol. The second kappa shape index (κ2) is 15.6. The van der Waals surface area contributed by atoms with E-state index >= 15 is 0 Å². The molecule has 0 aliphatic rings. The Morgan fingerprint density at radius 3 is 1.91 bits per heavy atom. The number of nitrogens with zero attached hydrogens (tertiary/aromatic N) is 1. The molecule has 0 saturated carbocycles. The number of carbonyl (C=O) groups excluding carboxylic acids is 1. The first-order chi connectivity index (χ1) is 15.3. The van der Waals surface area contributed by atoms with E-state index in [1.54, 1.807) is 18.2 Å². The third kappa shape index (κ3) is 12.6. The van der Waals surface area contributed by atoms with E-state index < -0.39 is 16.2 Å². The van der Waals surface area contributed by atoms with Gasteiger partial charge in [-0.15, -0.1) is 0 Å². The molecule has 0 bridgehead atoms. The lowest BCUT2D eigenvalue weighted by Crippen LogP contribution is -2.14. The Bertz CT molecular complexity index is 908. The molecule has 0 atom stereocenters. The zero-order valence-electron chi connectivity index (χ0n) is 19.0. The van der Waals surface area contributed by atoms with Gasteiger partial charge in [-0.3, -0.25) is 9.08 Å². The summed E-state index contributed by atoms with van der Waals surface area (Å²) in [4.78, 5) is 11.6. The first-order valence-electron chi connectivity index (χ1n) is 10.7. The summed E-state index contributed by atoms with van der Waals surface area (Å²) in [6.45, 7) is 5.84. The van der Waals surface area contributed by atoms with Crippen molar-refractivity contribution in [1.82, 2.24) is 0 Å². The summed E-state index contributed by atoms with van der Waals surface area (Å²) in [5.41, 5.74) is 1.64. The summed E-state index contributed by atoms with van der Waals surface area (Å²) >= 11 is 0. The van der Waals surface area contributed by atoms with E-state index in [1.807, 2.05) is 0 Å². The molecule has 0 heterocycles. The van der Waals surface area contributed by atoms with Crippen LogP contribution in [0.5, 0.6) is 0 Å². The number of benzene rings is 2. The van der Waals surface area contributed by atoms with Crippen LogP contribution in [0.1, 0.15) is 62.4 Å². The normalized spacial score (nSPS) is 11.6. The van der Waals surface area contributed by atoms with Gasteiger partial charge < -0.3 is 4.55 Å². The summed E-state index contributed by atoms with van der Waals surface area (Å²) in [6, 6.07) is 19.1. The maximum Gasteiger partial charge on any atom is 0.284 e. The van der Waals surface area contributed by atoms with Gasteiger partial charge in [0.05, 0.1) is 0 Å². The van der Waals surface area contributed by atoms with Crippen molar-refractivity contribution < 1.29 is 22.0 Å². The van der Waals surface area contributed by atoms with Gasteiger partial charge in [0.2, 0.25) is 5.78 Å². The summed E-state index contributed by atoms with van der Waals surface area (Å²) in [6.07, 6.45) is 5.48. The monoisotopic (exact) mass is 479 g/mol. The zero-order valence-corrected chi connectivity index (χ0v) is 20.7. The van der Waals surface area contributed by atoms with Gasteiger partial charge in [0.25, 0.3) is 10.4 Å². The van der Waals surface area contributed by atoms with Crippen molar-refractivity contribution in [3.63, 3.8) is 0 Å². The largest absolute Gasteiger partial charge is 0.714 e. The quantitative estimate of drug-likeness (QED) is 0.105. The number of carbonyl (C=O) groups is 1. The number of unbranched alkanes of at least 4 members (excludes halogenated alkanes) is 2. The minimum absolute atomic E-state index is 0.217. The Morgan fingerprint density at radius 2 is 1.44 bits per heavy atom. The maximum absolute atomic E-state index is 11.6. The molecule has 0 saturated heterocycles. The maximum atomic E-state index is 11.6. The smallest absolute Gasteiger partial charge is 0.284 e. The van der Waals surface area contributed by atoms with Gasteiger partial charge in [-0.25, -0.2) is 0 Å². The Morgan fingerprint density at radius 1 is 0.938 bits per heavy atom. The predicted octanol–water partition coefficient (Wildman–Crippen LogP) is 5.13. The Kier molecular flexibility index (Phi) is 13.6. The topological polar surface area (TPSA) is 95.9 Å². The highest BCUT2D eigenvalue weighted by Crippen LogP contribution is 2.13. The Labute approximate surface area is 195 Å². The lowest BCUT2D eigenvalue weighted by atomic mass is 10.1. The van der Waals surface area contributed by atoms with Gasteiger partial charge in [-0.2, -0.15) is 8.42 Å². The standard InChI is InChI=1S/C15H25S.C9H9NO5S/c1-3-5-12-16(13-6-4-2)14-15-10-8-7-9-11-15;1-7(10-15-16(12,13)14)9(11)8-5-3-2-4-6-8/h7-11H,3-6,12-14H2,1-2H3;2-6H,1H3,(H,12,13,14)/q+1;/p-1/b;10-7-. The lowest BCUT2D eigenvalue weighted by molar-refractivity contribution is 0.106.